The summed E-state index contributed by atoms with van der Waals surface area (Å²) in [5.41, 5.74) is 2.67. The molecular weight excluding hydrogens is 292 g/mol. The molecule has 3 rings (SSSR count). The number of benzene rings is 1. The number of rotatable bonds is 4. The van der Waals surface area contributed by atoms with Crippen molar-refractivity contribution < 1.29 is 9.53 Å². The number of H-pyrrole nitrogens is 1. The van der Waals surface area contributed by atoms with Crippen LogP contribution in [0.1, 0.15) is 21.6 Å². The van der Waals surface area contributed by atoms with Crippen LogP contribution in [-0.2, 0) is 11.3 Å². The van der Waals surface area contributed by atoms with Crippen molar-refractivity contribution in [2.24, 2.45) is 0 Å². The molecule has 0 aliphatic carbocycles. The first-order valence-electron chi connectivity index (χ1n) is 7.54. The SMILES string of the molecule is N#Cc1c[nH]c(C(=O)Nc2ccccc2CN2CCOCC2)c1. The number of nitriles is 1. The Kier molecular flexibility index (Phi) is 4.71. The number of amides is 1. The standard InChI is InChI=1S/C17H18N4O2/c18-10-13-9-16(19-11-13)17(22)20-15-4-2-1-3-14(15)12-21-5-7-23-8-6-21/h1-4,9,11,19H,5-8,12H2,(H,20,22). The first-order chi connectivity index (χ1) is 11.3. The summed E-state index contributed by atoms with van der Waals surface area (Å²) in [6.07, 6.45) is 1.52. The van der Waals surface area contributed by atoms with E-state index in [9.17, 15) is 4.79 Å². The average molecular weight is 310 g/mol. The van der Waals surface area contributed by atoms with Crippen molar-refractivity contribution in [1.82, 2.24) is 9.88 Å². The molecule has 0 unspecified atom stereocenters. The van der Waals surface area contributed by atoms with E-state index in [1.54, 1.807) is 6.07 Å². The van der Waals surface area contributed by atoms with Gasteiger partial charge in [0.2, 0.25) is 0 Å². The first-order valence-corrected chi connectivity index (χ1v) is 7.54. The molecular formula is C17H18N4O2. The van der Waals surface area contributed by atoms with Gasteiger partial charge in [0.05, 0.1) is 18.8 Å². The molecule has 1 aromatic heterocycles. The lowest BCUT2D eigenvalue weighted by molar-refractivity contribution is 0.0342. The largest absolute Gasteiger partial charge is 0.379 e. The maximum atomic E-state index is 12.3. The number of aromatic nitrogens is 1. The Labute approximate surface area is 134 Å². The van der Waals surface area contributed by atoms with Gasteiger partial charge in [0, 0.05) is 31.5 Å². The maximum Gasteiger partial charge on any atom is 0.272 e. The molecule has 0 spiro atoms. The van der Waals surface area contributed by atoms with Gasteiger partial charge in [-0.3, -0.25) is 9.69 Å². The van der Waals surface area contributed by atoms with Gasteiger partial charge in [0.15, 0.2) is 0 Å². The van der Waals surface area contributed by atoms with Crippen molar-refractivity contribution in [3.8, 4) is 6.07 Å². The van der Waals surface area contributed by atoms with Gasteiger partial charge in [-0.05, 0) is 17.7 Å². The Morgan fingerprint density at radius 2 is 2.13 bits per heavy atom. The smallest absolute Gasteiger partial charge is 0.272 e. The molecule has 0 bridgehead atoms. The fourth-order valence-electron chi connectivity index (χ4n) is 2.56. The van der Waals surface area contributed by atoms with Crippen LogP contribution in [0.15, 0.2) is 36.5 Å². The van der Waals surface area contributed by atoms with Gasteiger partial charge in [-0.15, -0.1) is 0 Å². The molecule has 1 amide bonds. The van der Waals surface area contributed by atoms with Gasteiger partial charge < -0.3 is 15.0 Å². The molecule has 2 N–H and O–H groups in total. The van der Waals surface area contributed by atoms with E-state index in [0.717, 1.165) is 44.1 Å². The number of nitrogens with zero attached hydrogens (tertiary/aromatic N) is 2. The summed E-state index contributed by atoms with van der Waals surface area (Å²) in [4.78, 5) is 17.4. The van der Waals surface area contributed by atoms with Crippen LogP contribution in [0.25, 0.3) is 0 Å². The average Bonchev–Trinajstić information content (AvgIpc) is 3.07. The molecule has 1 fully saturated rings. The summed E-state index contributed by atoms with van der Waals surface area (Å²) >= 11 is 0. The zero-order valence-electron chi connectivity index (χ0n) is 12.7. The molecule has 1 aliphatic rings. The summed E-state index contributed by atoms with van der Waals surface area (Å²) in [6, 6.07) is 11.3. The van der Waals surface area contributed by atoms with E-state index in [1.165, 1.54) is 6.20 Å². The van der Waals surface area contributed by atoms with Crippen LogP contribution in [0.4, 0.5) is 5.69 Å². The van der Waals surface area contributed by atoms with E-state index >= 15 is 0 Å². The number of carbonyl (C=O) groups is 1. The lowest BCUT2D eigenvalue weighted by atomic mass is 10.1. The number of para-hydroxylation sites is 1. The zero-order chi connectivity index (χ0) is 16.1. The Morgan fingerprint density at radius 3 is 2.87 bits per heavy atom. The normalized spacial score (nSPS) is 15.1. The predicted octanol–water partition coefficient (Wildman–Crippen LogP) is 1.97. The maximum absolute atomic E-state index is 12.3. The van der Waals surface area contributed by atoms with Gasteiger partial charge in [-0.25, -0.2) is 0 Å². The van der Waals surface area contributed by atoms with Crippen LogP contribution in [0.2, 0.25) is 0 Å². The highest BCUT2D eigenvalue weighted by atomic mass is 16.5. The van der Waals surface area contributed by atoms with Gasteiger partial charge in [0.1, 0.15) is 11.8 Å². The molecule has 0 saturated carbocycles. The van der Waals surface area contributed by atoms with E-state index < -0.39 is 0 Å². The number of aromatic amines is 1. The number of anilines is 1. The number of hydrogen-bond acceptors (Lipinski definition) is 4. The second-order valence-electron chi connectivity index (χ2n) is 5.41. The minimum atomic E-state index is -0.249. The van der Waals surface area contributed by atoms with E-state index in [-0.39, 0.29) is 5.91 Å². The molecule has 1 saturated heterocycles. The summed E-state index contributed by atoms with van der Waals surface area (Å²) in [7, 11) is 0. The summed E-state index contributed by atoms with van der Waals surface area (Å²) in [5.74, 6) is -0.249. The number of nitrogens with one attached hydrogen (secondary N) is 2. The third-order valence-electron chi connectivity index (χ3n) is 3.82. The fourth-order valence-corrected chi connectivity index (χ4v) is 2.56. The Morgan fingerprint density at radius 1 is 1.35 bits per heavy atom. The highest BCUT2D eigenvalue weighted by Gasteiger charge is 2.15. The third-order valence-corrected chi connectivity index (χ3v) is 3.82. The van der Waals surface area contributed by atoms with Crippen molar-refractivity contribution >= 4 is 11.6 Å². The number of carbonyl (C=O) groups excluding carboxylic acids is 1. The summed E-state index contributed by atoms with van der Waals surface area (Å²) in [5, 5.41) is 11.7. The Hall–Kier alpha value is -2.62. The van der Waals surface area contributed by atoms with Crippen molar-refractivity contribution in [2.45, 2.75) is 6.54 Å². The number of ether oxygens (including phenoxy) is 1. The molecule has 118 valence electrons. The number of morpholine rings is 1. The van der Waals surface area contributed by atoms with Crippen LogP contribution in [0.5, 0.6) is 0 Å². The van der Waals surface area contributed by atoms with Crippen molar-refractivity contribution in [1.29, 1.82) is 5.26 Å². The van der Waals surface area contributed by atoms with Crippen LogP contribution >= 0.6 is 0 Å². The molecule has 2 aromatic rings. The van der Waals surface area contributed by atoms with E-state index in [2.05, 4.69) is 15.2 Å². The topological polar surface area (TPSA) is 81.1 Å². The van der Waals surface area contributed by atoms with Crippen LogP contribution in [-0.4, -0.2) is 42.1 Å². The fraction of sp³-hybridized carbons (Fsp3) is 0.294. The summed E-state index contributed by atoms with van der Waals surface area (Å²) in [6.45, 7) is 4.05. The van der Waals surface area contributed by atoms with Gasteiger partial charge in [0.25, 0.3) is 5.91 Å². The summed E-state index contributed by atoms with van der Waals surface area (Å²) < 4.78 is 5.36. The molecule has 0 atom stereocenters. The Bertz CT molecular complexity index is 726. The van der Waals surface area contributed by atoms with Gasteiger partial charge >= 0.3 is 0 Å². The Balaban J connectivity index is 1.72. The number of hydrogen-bond donors (Lipinski definition) is 2. The highest BCUT2D eigenvalue weighted by molar-refractivity contribution is 6.03. The predicted molar refractivity (Wildman–Crippen MR) is 86.0 cm³/mol. The third kappa shape index (κ3) is 3.77. The van der Waals surface area contributed by atoms with E-state index in [4.69, 9.17) is 10.00 Å². The molecule has 1 aromatic carbocycles. The van der Waals surface area contributed by atoms with E-state index in [0.29, 0.717) is 11.3 Å². The molecule has 2 heterocycles. The van der Waals surface area contributed by atoms with Gasteiger partial charge in [-0.2, -0.15) is 5.26 Å². The minimum Gasteiger partial charge on any atom is -0.379 e. The zero-order valence-corrected chi connectivity index (χ0v) is 12.7. The van der Waals surface area contributed by atoms with Crippen LogP contribution in [0, 0.1) is 11.3 Å². The van der Waals surface area contributed by atoms with Crippen molar-refractivity contribution in [3.63, 3.8) is 0 Å². The van der Waals surface area contributed by atoms with E-state index in [1.807, 2.05) is 30.3 Å². The first kappa shape index (κ1) is 15.3. The molecule has 6 heteroatoms. The quantitative estimate of drug-likeness (QED) is 0.904. The minimum absolute atomic E-state index is 0.249. The lowest BCUT2D eigenvalue weighted by Crippen LogP contribution is -2.35. The molecule has 6 nitrogen and oxygen atoms in total. The van der Waals surface area contributed by atoms with Gasteiger partial charge in [-0.1, -0.05) is 18.2 Å². The molecule has 0 radical (unpaired) electrons. The molecule has 1 aliphatic heterocycles. The second-order valence-corrected chi connectivity index (χ2v) is 5.41. The monoisotopic (exact) mass is 310 g/mol. The van der Waals surface area contributed by atoms with Crippen molar-refractivity contribution in [3.05, 3.63) is 53.3 Å². The second kappa shape index (κ2) is 7.09. The molecule has 23 heavy (non-hydrogen) atoms. The van der Waals surface area contributed by atoms with Crippen LogP contribution in [0.3, 0.4) is 0 Å². The van der Waals surface area contributed by atoms with Crippen LogP contribution < -0.4 is 5.32 Å². The lowest BCUT2D eigenvalue weighted by Gasteiger charge is -2.27. The van der Waals surface area contributed by atoms with Crippen molar-refractivity contribution in [2.75, 3.05) is 31.6 Å². The highest BCUT2D eigenvalue weighted by Crippen LogP contribution is 2.19.